The second kappa shape index (κ2) is 4.78. The number of rotatable bonds is 2. The zero-order valence-corrected chi connectivity index (χ0v) is 9.83. The molecule has 0 saturated heterocycles. The number of carbonyl (C=O) groups excluding carboxylic acids is 1. The minimum atomic E-state index is -0.124. The molecule has 0 bridgehead atoms. The number of nitrogens with zero attached hydrogens (tertiary/aromatic N) is 2. The Balaban J connectivity index is 2.13. The lowest BCUT2D eigenvalue weighted by atomic mass is 9.87. The highest BCUT2D eigenvalue weighted by Crippen LogP contribution is 2.25. The van der Waals surface area contributed by atoms with Crippen LogP contribution in [0.1, 0.15) is 24.6 Å². The third-order valence-corrected chi connectivity index (χ3v) is 2.93. The Hall–Kier alpha value is -1.16. The van der Waals surface area contributed by atoms with Gasteiger partial charge in [-0.3, -0.25) is 4.79 Å². The van der Waals surface area contributed by atoms with Gasteiger partial charge in [-0.25, -0.2) is 0 Å². The SMILES string of the molecule is CCOC(=O)C1CCc2nnc(Cl)cc2C1. The van der Waals surface area contributed by atoms with Crippen molar-refractivity contribution in [2.45, 2.75) is 26.2 Å². The maximum atomic E-state index is 11.6. The van der Waals surface area contributed by atoms with Crippen LogP contribution in [0.15, 0.2) is 6.07 Å². The maximum absolute atomic E-state index is 11.6. The zero-order chi connectivity index (χ0) is 11.5. The Morgan fingerprint density at radius 3 is 3.19 bits per heavy atom. The van der Waals surface area contributed by atoms with Crippen molar-refractivity contribution in [3.05, 3.63) is 22.5 Å². The Bertz CT molecular complexity index is 409. The maximum Gasteiger partial charge on any atom is 0.309 e. The van der Waals surface area contributed by atoms with Crippen molar-refractivity contribution < 1.29 is 9.53 Å². The molecule has 16 heavy (non-hydrogen) atoms. The molecule has 2 rings (SSSR count). The monoisotopic (exact) mass is 240 g/mol. The van der Waals surface area contributed by atoms with Crippen LogP contribution < -0.4 is 0 Å². The van der Waals surface area contributed by atoms with Crippen LogP contribution in [0.2, 0.25) is 5.15 Å². The summed E-state index contributed by atoms with van der Waals surface area (Å²) >= 11 is 5.78. The lowest BCUT2D eigenvalue weighted by Gasteiger charge is -2.21. The van der Waals surface area contributed by atoms with Crippen molar-refractivity contribution in [2.24, 2.45) is 5.92 Å². The van der Waals surface area contributed by atoms with Crippen LogP contribution in [-0.4, -0.2) is 22.8 Å². The Kier molecular flexibility index (Phi) is 3.39. The molecular weight excluding hydrogens is 228 g/mol. The molecule has 1 heterocycles. The van der Waals surface area contributed by atoms with E-state index in [4.69, 9.17) is 16.3 Å². The van der Waals surface area contributed by atoms with Gasteiger partial charge in [-0.15, -0.1) is 5.10 Å². The molecule has 0 spiro atoms. The van der Waals surface area contributed by atoms with Gasteiger partial charge in [0, 0.05) is 0 Å². The Morgan fingerprint density at radius 1 is 1.62 bits per heavy atom. The van der Waals surface area contributed by atoms with Crippen molar-refractivity contribution in [1.29, 1.82) is 0 Å². The van der Waals surface area contributed by atoms with E-state index in [2.05, 4.69) is 10.2 Å². The summed E-state index contributed by atoms with van der Waals surface area (Å²) in [7, 11) is 0. The van der Waals surface area contributed by atoms with Gasteiger partial charge in [0.15, 0.2) is 5.15 Å². The highest BCUT2D eigenvalue weighted by molar-refractivity contribution is 6.29. The fourth-order valence-corrected chi connectivity index (χ4v) is 2.12. The minimum absolute atomic E-state index is 0.0623. The summed E-state index contributed by atoms with van der Waals surface area (Å²) in [6, 6.07) is 1.79. The number of esters is 1. The molecule has 0 radical (unpaired) electrons. The zero-order valence-electron chi connectivity index (χ0n) is 9.07. The minimum Gasteiger partial charge on any atom is -0.466 e. The molecule has 0 saturated carbocycles. The van der Waals surface area contributed by atoms with Gasteiger partial charge < -0.3 is 4.74 Å². The predicted octanol–water partition coefficient (Wildman–Crippen LogP) is 1.80. The molecule has 0 aromatic carbocycles. The second-order valence-electron chi connectivity index (χ2n) is 3.83. The van der Waals surface area contributed by atoms with Gasteiger partial charge in [0.1, 0.15) is 0 Å². The molecule has 1 unspecified atom stereocenters. The number of hydrogen-bond acceptors (Lipinski definition) is 4. The van der Waals surface area contributed by atoms with Gasteiger partial charge in [-0.2, -0.15) is 5.10 Å². The summed E-state index contributed by atoms with van der Waals surface area (Å²) in [6.45, 7) is 2.24. The number of aromatic nitrogens is 2. The van der Waals surface area contributed by atoms with Gasteiger partial charge >= 0.3 is 5.97 Å². The van der Waals surface area contributed by atoms with E-state index in [0.29, 0.717) is 18.2 Å². The van der Waals surface area contributed by atoms with Crippen LogP contribution in [0.5, 0.6) is 0 Å². The first-order valence-corrected chi connectivity index (χ1v) is 5.76. The van der Waals surface area contributed by atoms with E-state index in [0.717, 1.165) is 24.1 Å². The van der Waals surface area contributed by atoms with E-state index >= 15 is 0 Å². The molecule has 1 aliphatic carbocycles. The Labute approximate surface area is 99.0 Å². The molecule has 1 aromatic rings. The van der Waals surface area contributed by atoms with Crippen LogP contribution in [0.3, 0.4) is 0 Å². The van der Waals surface area contributed by atoms with Crippen molar-refractivity contribution >= 4 is 17.6 Å². The normalized spacial score (nSPS) is 19.0. The molecule has 0 N–H and O–H groups in total. The van der Waals surface area contributed by atoms with Gasteiger partial charge in [0.05, 0.1) is 18.2 Å². The second-order valence-corrected chi connectivity index (χ2v) is 4.22. The van der Waals surface area contributed by atoms with Gasteiger partial charge in [-0.1, -0.05) is 11.6 Å². The molecule has 0 fully saturated rings. The molecule has 86 valence electrons. The molecule has 0 amide bonds. The van der Waals surface area contributed by atoms with Crippen LogP contribution in [0, 0.1) is 5.92 Å². The standard InChI is InChI=1S/C11H13ClN2O2/c1-2-16-11(15)7-3-4-9-8(5-7)6-10(12)14-13-9/h6-7H,2-5H2,1H3. The summed E-state index contributed by atoms with van der Waals surface area (Å²) in [6.07, 6.45) is 2.20. The van der Waals surface area contributed by atoms with Gasteiger partial charge in [-0.05, 0) is 37.8 Å². The lowest BCUT2D eigenvalue weighted by molar-refractivity contribution is -0.148. The predicted molar refractivity (Wildman–Crippen MR) is 59.2 cm³/mol. The number of halogens is 1. The van der Waals surface area contributed by atoms with E-state index < -0.39 is 0 Å². The lowest BCUT2D eigenvalue weighted by Crippen LogP contribution is -2.25. The summed E-state index contributed by atoms with van der Waals surface area (Å²) < 4.78 is 5.02. The Morgan fingerprint density at radius 2 is 2.44 bits per heavy atom. The van der Waals surface area contributed by atoms with Crippen molar-refractivity contribution in [3.63, 3.8) is 0 Å². The summed E-state index contributed by atoms with van der Waals surface area (Å²) in [5.41, 5.74) is 1.97. The van der Waals surface area contributed by atoms with Crippen molar-refractivity contribution in [3.8, 4) is 0 Å². The molecular formula is C11H13ClN2O2. The highest BCUT2D eigenvalue weighted by Gasteiger charge is 2.26. The molecule has 1 aliphatic rings. The average molecular weight is 241 g/mol. The molecule has 1 atom stereocenters. The van der Waals surface area contributed by atoms with E-state index in [1.807, 2.05) is 6.92 Å². The van der Waals surface area contributed by atoms with Crippen LogP contribution in [-0.2, 0) is 22.4 Å². The summed E-state index contributed by atoms with van der Waals surface area (Å²) in [5, 5.41) is 8.20. The molecule has 1 aromatic heterocycles. The van der Waals surface area contributed by atoms with E-state index in [-0.39, 0.29) is 11.9 Å². The molecule has 5 heteroatoms. The van der Waals surface area contributed by atoms with Crippen LogP contribution in [0.25, 0.3) is 0 Å². The first-order valence-electron chi connectivity index (χ1n) is 5.38. The third kappa shape index (κ3) is 2.32. The van der Waals surface area contributed by atoms with Gasteiger partial charge in [0.25, 0.3) is 0 Å². The van der Waals surface area contributed by atoms with Crippen molar-refractivity contribution in [1.82, 2.24) is 10.2 Å². The summed E-state index contributed by atoms with van der Waals surface area (Å²) in [4.78, 5) is 11.6. The average Bonchev–Trinajstić information content (AvgIpc) is 2.28. The number of carbonyl (C=O) groups is 1. The number of hydrogen-bond donors (Lipinski definition) is 0. The fraction of sp³-hybridized carbons (Fsp3) is 0.545. The quantitative estimate of drug-likeness (QED) is 0.740. The molecule has 0 aliphatic heterocycles. The number of ether oxygens (including phenoxy) is 1. The van der Waals surface area contributed by atoms with Gasteiger partial charge in [0.2, 0.25) is 0 Å². The largest absolute Gasteiger partial charge is 0.466 e. The van der Waals surface area contributed by atoms with Crippen LogP contribution >= 0.6 is 11.6 Å². The van der Waals surface area contributed by atoms with Crippen molar-refractivity contribution in [2.75, 3.05) is 6.61 Å². The number of aryl methyl sites for hydroxylation is 1. The first-order chi connectivity index (χ1) is 7.70. The highest BCUT2D eigenvalue weighted by atomic mass is 35.5. The molecule has 4 nitrogen and oxygen atoms in total. The topological polar surface area (TPSA) is 52.1 Å². The van der Waals surface area contributed by atoms with Crippen LogP contribution in [0.4, 0.5) is 0 Å². The smallest absolute Gasteiger partial charge is 0.309 e. The van der Waals surface area contributed by atoms with E-state index in [1.165, 1.54) is 0 Å². The van der Waals surface area contributed by atoms with E-state index in [1.54, 1.807) is 6.07 Å². The summed E-state index contributed by atoms with van der Waals surface area (Å²) in [5.74, 6) is -0.186. The fourth-order valence-electron chi connectivity index (χ4n) is 1.96. The third-order valence-electron chi connectivity index (χ3n) is 2.75. The number of fused-ring (bicyclic) bond motifs is 1. The van der Waals surface area contributed by atoms with E-state index in [9.17, 15) is 4.79 Å². The first kappa shape index (κ1) is 11.3.